The van der Waals surface area contributed by atoms with Crippen molar-refractivity contribution in [2.75, 3.05) is 20.1 Å². The average Bonchev–Trinajstić information content (AvgIpc) is 3.25. The SMILES string of the molecule is CN(Cc1ccc(F)c(F)c1)C1CCN(Cc2cc3ccccc3c(=O)[nH]2)C1.O=C(O)C(F)(F)F. The minimum atomic E-state index is -5.08. The summed E-state index contributed by atoms with van der Waals surface area (Å²) in [5, 5.41) is 8.78. The van der Waals surface area contributed by atoms with E-state index in [1.165, 1.54) is 12.1 Å². The van der Waals surface area contributed by atoms with Crippen molar-refractivity contribution in [1.29, 1.82) is 0 Å². The molecule has 1 atom stereocenters. The van der Waals surface area contributed by atoms with E-state index in [0.717, 1.165) is 36.2 Å². The van der Waals surface area contributed by atoms with Crippen molar-refractivity contribution in [1.82, 2.24) is 14.8 Å². The molecule has 6 nitrogen and oxygen atoms in total. The third-order valence-electron chi connectivity index (χ3n) is 5.73. The van der Waals surface area contributed by atoms with Crippen molar-refractivity contribution in [3.05, 3.63) is 81.8 Å². The predicted molar refractivity (Wildman–Crippen MR) is 120 cm³/mol. The molecule has 2 aromatic carbocycles. The molecule has 0 aliphatic carbocycles. The van der Waals surface area contributed by atoms with E-state index < -0.39 is 23.8 Å². The van der Waals surface area contributed by atoms with E-state index in [4.69, 9.17) is 9.90 Å². The Morgan fingerprint density at radius 3 is 2.49 bits per heavy atom. The summed E-state index contributed by atoms with van der Waals surface area (Å²) in [7, 11) is 2.01. The lowest BCUT2D eigenvalue weighted by Crippen LogP contribution is -2.34. The van der Waals surface area contributed by atoms with Crippen LogP contribution in [0.25, 0.3) is 10.8 Å². The standard InChI is InChI=1S/C22H23F2N3O.C2HF3O2/c1-26(12-15-6-7-20(23)21(24)10-15)18-8-9-27(14-18)13-17-11-16-4-2-3-5-19(16)22(28)25-17;3-2(4,5)1(6)7/h2-7,10-11,18H,8-9,12-14H2,1H3,(H,25,28);(H,6,7). The zero-order chi connectivity index (χ0) is 25.8. The second-order valence-corrected chi connectivity index (χ2v) is 8.36. The number of halogens is 5. The number of H-pyrrole nitrogens is 1. The summed E-state index contributed by atoms with van der Waals surface area (Å²) in [6.07, 6.45) is -4.09. The molecule has 3 aromatic rings. The number of benzene rings is 2. The quantitative estimate of drug-likeness (QED) is 0.518. The average molecular weight is 497 g/mol. The molecule has 0 amide bonds. The molecule has 1 fully saturated rings. The summed E-state index contributed by atoms with van der Waals surface area (Å²) in [6.45, 7) is 3.06. The smallest absolute Gasteiger partial charge is 0.475 e. The number of alkyl halides is 3. The second-order valence-electron chi connectivity index (χ2n) is 8.36. The number of fused-ring (bicyclic) bond motifs is 1. The van der Waals surface area contributed by atoms with Gasteiger partial charge in [-0.2, -0.15) is 13.2 Å². The van der Waals surface area contributed by atoms with E-state index in [1.54, 1.807) is 6.07 Å². The number of likely N-dealkylation sites (tertiary alicyclic amines) is 1. The highest BCUT2D eigenvalue weighted by molar-refractivity contribution is 5.81. The van der Waals surface area contributed by atoms with Crippen LogP contribution in [0.3, 0.4) is 0 Å². The number of rotatable bonds is 5. The minimum Gasteiger partial charge on any atom is -0.475 e. The first-order valence-electron chi connectivity index (χ1n) is 10.7. The van der Waals surface area contributed by atoms with Gasteiger partial charge in [0, 0.05) is 43.3 Å². The van der Waals surface area contributed by atoms with Gasteiger partial charge in [0.25, 0.3) is 5.56 Å². The molecule has 0 bridgehead atoms. The van der Waals surface area contributed by atoms with Crippen LogP contribution in [-0.4, -0.2) is 58.2 Å². The predicted octanol–water partition coefficient (Wildman–Crippen LogP) is 4.15. The van der Waals surface area contributed by atoms with Gasteiger partial charge < -0.3 is 10.1 Å². The van der Waals surface area contributed by atoms with Gasteiger partial charge >= 0.3 is 12.1 Å². The van der Waals surface area contributed by atoms with Crippen LogP contribution in [0.4, 0.5) is 22.0 Å². The fraction of sp³-hybridized carbons (Fsp3) is 0.333. The summed E-state index contributed by atoms with van der Waals surface area (Å²) in [5.74, 6) is -4.38. The molecule has 4 rings (SSSR count). The van der Waals surface area contributed by atoms with Crippen LogP contribution in [0, 0.1) is 11.6 Å². The van der Waals surface area contributed by atoms with E-state index in [9.17, 15) is 26.7 Å². The molecule has 0 saturated carbocycles. The third kappa shape index (κ3) is 7.09. The maximum Gasteiger partial charge on any atom is 0.490 e. The van der Waals surface area contributed by atoms with E-state index in [-0.39, 0.29) is 5.56 Å². The normalized spacial score (nSPS) is 16.4. The second kappa shape index (κ2) is 11.0. The van der Waals surface area contributed by atoms with Crippen molar-refractivity contribution in [3.8, 4) is 0 Å². The highest BCUT2D eigenvalue weighted by atomic mass is 19.4. The molecule has 1 aliphatic heterocycles. The molecule has 11 heteroatoms. The van der Waals surface area contributed by atoms with Gasteiger partial charge in [0.1, 0.15) is 0 Å². The fourth-order valence-electron chi connectivity index (χ4n) is 3.96. The number of pyridine rings is 1. The number of aromatic nitrogens is 1. The number of aromatic amines is 1. The van der Waals surface area contributed by atoms with Crippen molar-refractivity contribution < 1.29 is 31.9 Å². The van der Waals surface area contributed by atoms with Gasteiger partial charge in [0.15, 0.2) is 11.6 Å². The maximum atomic E-state index is 13.4. The molecule has 2 N–H and O–H groups in total. The number of hydrogen-bond donors (Lipinski definition) is 2. The molecule has 1 unspecified atom stereocenters. The van der Waals surface area contributed by atoms with Gasteiger partial charge in [-0.3, -0.25) is 14.6 Å². The van der Waals surface area contributed by atoms with Crippen LogP contribution in [0.1, 0.15) is 17.7 Å². The van der Waals surface area contributed by atoms with Crippen LogP contribution < -0.4 is 5.56 Å². The lowest BCUT2D eigenvalue weighted by molar-refractivity contribution is -0.192. The van der Waals surface area contributed by atoms with Gasteiger partial charge in [-0.1, -0.05) is 24.3 Å². The van der Waals surface area contributed by atoms with Gasteiger partial charge in [-0.05, 0) is 48.7 Å². The summed E-state index contributed by atoms with van der Waals surface area (Å²) in [4.78, 5) is 28.6. The summed E-state index contributed by atoms with van der Waals surface area (Å²) in [5.41, 5.74) is 1.62. The molecular weight excluding hydrogens is 473 g/mol. The largest absolute Gasteiger partial charge is 0.490 e. The highest BCUT2D eigenvalue weighted by Crippen LogP contribution is 2.20. The first-order valence-corrected chi connectivity index (χ1v) is 10.7. The number of nitrogens with one attached hydrogen (secondary N) is 1. The first kappa shape index (κ1) is 26.3. The Hall–Kier alpha value is -3.31. The van der Waals surface area contributed by atoms with Crippen LogP contribution in [0.5, 0.6) is 0 Å². The number of carboxylic acid groups (broad SMARTS) is 1. The fourth-order valence-corrected chi connectivity index (χ4v) is 3.96. The third-order valence-corrected chi connectivity index (χ3v) is 5.73. The Morgan fingerprint density at radius 2 is 1.83 bits per heavy atom. The first-order chi connectivity index (χ1) is 16.4. The molecule has 1 aliphatic rings. The Labute approximate surface area is 197 Å². The summed E-state index contributed by atoms with van der Waals surface area (Å²) in [6, 6.07) is 14.0. The van der Waals surface area contributed by atoms with Gasteiger partial charge in [-0.25, -0.2) is 13.6 Å². The van der Waals surface area contributed by atoms with E-state index in [2.05, 4.69) is 14.8 Å². The maximum absolute atomic E-state index is 13.4. The molecule has 1 saturated heterocycles. The van der Waals surface area contributed by atoms with Gasteiger partial charge in [0.05, 0.1) is 0 Å². The van der Waals surface area contributed by atoms with Gasteiger partial charge in [-0.15, -0.1) is 0 Å². The van der Waals surface area contributed by atoms with Gasteiger partial charge in [0.2, 0.25) is 0 Å². The number of carboxylic acids is 1. The Morgan fingerprint density at radius 1 is 1.14 bits per heavy atom. The molecular formula is C24H24F5N3O3. The van der Waals surface area contributed by atoms with Crippen LogP contribution in [-0.2, 0) is 17.9 Å². The number of likely N-dealkylation sites (N-methyl/N-ethyl adjacent to an activating group) is 1. The Kier molecular flexibility index (Phi) is 8.23. The van der Waals surface area contributed by atoms with Crippen LogP contribution in [0.2, 0.25) is 0 Å². The highest BCUT2D eigenvalue weighted by Gasteiger charge is 2.38. The Balaban J connectivity index is 0.000000429. The Bertz CT molecular complexity index is 1250. The molecule has 0 radical (unpaired) electrons. The van der Waals surface area contributed by atoms with E-state index in [1.807, 2.05) is 37.4 Å². The van der Waals surface area contributed by atoms with E-state index >= 15 is 0 Å². The number of aliphatic carboxylic acids is 1. The number of nitrogens with zero attached hydrogens (tertiary/aromatic N) is 2. The number of carbonyl (C=O) groups is 1. The molecule has 35 heavy (non-hydrogen) atoms. The minimum absolute atomic E-state index is 0.0562. The zero-order valence-corrected chi connectivity index (χ0v) is 18.8. The molecule has 188 valence electrons. The number of hydrogen-bond acceptors (Lipinski definition) is 4. The van der Waals surface area contributed by atoms with Crippen molar-refractivity contribution >= 4 is 16.7 Å². The van der Waals surface area contributed by atoms with Crippen molar-refractivity contribution in [3.63, 3.8) is 0 Å². The van der Waals surface area contributed by atoms with E-state index in [0.29, 0.717) is 24.5 Å². The van der Waals surface area contributed by atoms with Crippen molar-refractivity contribution in [2.45, 2.75) is 31.7 Å². The monoisotopic (exact) mass is 497 g/mol. The lowest BCUT2D eigenvalue weighted by atomic mass is 10.1. The van der Waals surface area contributed by atoms with Crippen LogP contribution in [0.15, 0.2) is 53.3 Å². The molecule has 1 aromatic heterocycles. The zero-order valence-electron chi connectivity index (χ0n) is 18.8. The summed E-state index contributed by atoms with van der Waals surface area (Å²) < 4.78 is 58.3. The van der Waals surface area contributed by atoms with Crippen LogP contribution >= 0.6 is 0 Å². The summed E-state index contributed by atoms with van der Waals surface area (Å²) >= 11 is 0. The topological polar surface area (TPSA) is 76.6 Å². The molecule has 2 heterocycles. The van der Waals surface area contributed by atoms with Crippen molar-refractivity contribution in [2.24, 2.45) is 0 Å². The lowest BCUT2D eigenvalue weighted by Gasteiger charge is -2.25. The molecule has 0 spiro atoms.